The van der Waals surface area contributed by atoms with E-state index in [0.717, 1.165) is 49.6 Å². The Morgan fingerprint density at radius 1 is 1.03 bits per heavy atom. The number of hydrogen-bond acceptors (Lipinski definition) is 6. The lowest BCUT2D eigenvalue weighted by Gasteiger charge is -2.34. The number of aliphatic hydroxyl groups excluding tert-OH is 1. The summed E-state index contributed by atoms with van der Waals surface area (Å²) < 4.78 is 0. The van der Waals surface area contributed by atoms with Gasteiger partial charge in [-0.1, -0.05) is 48.0 Å². The van der Waals surface area contributed by atoms with Gasteiger partial charge in [0.1, 0.15) is 0 Å². The molecule has 38 heavy (non-hydrogen) atoms. The fourth-order valence-electron chi connectivity index (χ4n) is 5.58. The van der Waals surface area contributed by atoms with Crippen molar-refractivity contribution < 1.29 is 9.90 Å². The Hall–Kier alpha value is -3.00. The Bertz CT molecular complexity index is 1240. The van der Waals surface area contributed by atoms with E-state index in [1.807, 2.05) is 17.0 Å². The molecule has 2 aromatic carbocycles. The molecule has 2 saturated heterocycles. The molecule has 0 bridgehead atoms. The van der Waals surface area contributed by atoms with Crippen LogP contribution in [0.1, 0.15) is 51.6 Å². The van der Waals surface area contributed by atoms with Crippen molar-refractivity contribution in [1.29, 1.82) is 0 Å². The van der Waals surface area contributed by atoms with Crippen molar-refractivity contribution in [3.8, 4) is 0 Å². The number of carbonyl (C=O) groups excluding carboxylic acids is 1. The number of anilines is 1. The molecule has 1 N–H and O–H groups in total. The fraction of sp³-hybridized carbons (Fsp3) is 0.433. The van der Waals surface area contributed by atoms with Crippen molar-refractivity contribution in [2.24, 2.45) is 0 Å². The van der Waals surface area contributed by atoms with Crippen LogP contribution in [0.5, 0.6) is 0 Å². The predicted molar refractivity (Wildman–Crippen MR) is 151 cm³/mol. The zero-order valence-corrected chi connectivity index (χ0v) is 22.8. The molecule has 8 heteroatoms. The van der Waals surface area contributed by atoms with Gasteiger partial charge in [0, 0.05) is 50.5 Å². The van der Waals surface area contributed by atoms with Gasteiger partial charge in [-0.05, 0) is 61.4 Å². The number of halogens is 1. The lowest BCUT2D eigenvalue weighted by molar-refractivity contribution is 0.0613. The van der Waals surface area contributed by atoms with Gasteiger partial charge in [-0.3, -0.25) is 9.69 Å². The number of aromatic nitrogens is 2. The highest BCUT2D eigenvalue weighted by Gasteiger charge is 2.30. The van der Waals surface area contributed by atoms with Crippen LogP contribution in [0.3, 0.4) is 0 Å². The summed E-state index contributed by atoms with van der Waals surface area (Å²) in [4.78, 5) is 29.8. The largest absolute Gasteiger partial charge is 0.395 e. The molecule has 3 aromatic rings. The molecule has 3 heterocycles. The second-order valence-electron chi connectivity index (χ2n) is 10.2. The molecule has 1 atom stereocenters. The third kappa shape index (κ3) is 6.01. The fourth-order valence-corrected chi connectivity index (χ4v) is 5.71. The van der Waals surface area contributed by atoms with Crippen LogP contribution in [0.2, 0.25) is 5.02 Å². The standard InChI is InChI=1S/C30H36ClN5O2/c1-22-5-2-3-6-23(22)10-13-27-26(29(38)35-17-15-34(16-18-35)19-20-37)21-32-30(33-27)36-14-4-7-28(36)24-8-11-25(31)12-9-24/h2-3,5-6,8-9,11-12,21,28,37H,4,7,10,13-20H2,1H3/t28-/m0/s1. The lowest BCUT2D eigenvalue weighted by Crippen LogP contribution is -2.49. The highest BCUT2D eigenvalue weighted by Crippen LogP contribution is 2.35. The van der Waals surface area contributed by atoms with Gasteiger partial charge >= 0.3 is 0 Å². The number of rotatable bonds is 8. The van der Waals surface area contributed by atoms with Gasteiger partial charge in [-0.2, -0.15) is 0 Å². The van der Waals surface area contributed by atoms with Gasteiger partial charge in [0.25, 0.3) is 5.91 Å². The highest BCUT2D eigenvalue weighted by atomic mass is 35.5. The molecule has 0 unspecified atom stereocenters. The smallest absolute Gasteiger partial charge is 0.257 e. The average molecular weight is 534 g/mol. The zero-order valence-electron chi connectivity index (χ0n) is 22.0. The molecule has 5 rings (SSSR count). The van der Waals surface area contributed by atoms with E-state index in [4.69, 9.17) is 21.6 Å². The zero-order chi connectivity index (χ0) is 26.5. The van der Waals surface area contributed by atoms with Crippen molar-refractivity contribution in [3.05, 3.63) is 87.7 Å². The van der Waals surface area contributed by atoms with Gasteiger partial charge in [-0.15, -0.1) is 0 Å². The lowest BCUT2D eigenvalue weighted by atomic mass is 10.0. The van der Waals surface area contributed by atoms with Crippen molar-refractivity contribution in [1.82, 2.24) is 19.8 Å². The molecular weight excluding hydrogens is 498 g/mol. The Kier molecular flexibility index (Phi) is 8.57. The van der Waals surface area contributed by atoms with Gasteiger partial charge in [0.2, 0.25) is 5.95 Å². The summed E-state index contributed by atoms with van der Waals surface area (Å²) >= 11 is 6.14. The first-order chi connectivity index (χ1) is 18.5. The normalized spacial score (nSPS) is 18.2. The molecule has 0 aliphatic carbocycles. The summed E-state index contributed by atoms with van der Waals surface area (Å²) in [5.41, 5.74) is 5.13. The first-order valence-electron chi connectivity index (χ1n) is 13.6. The van der Waals surface area contributed by atoms with E-state index in [1.165, 1.54) is 16.7 Å². The van der Waals surface area contributed by atoms with Crippen LogP contribution in [0, 0.1) is 6.92 Å². The van der Waals surface area contributed by atoms with Gasteiger partial charge in [0.15, 0.2) is 0 Å². The second-order valence-corrected chi connectivity index (χ2v) is 10.7. The molecule has 0 saturated carbocycles. The molecule has 1 amide bonds. The van der Waals surface area contributed by atoms with Crippen LogP contribution in [0.15, 0.2) is 54.7 Å². The van der Waals surface area contributed by atoms with E-state index in [2.05, 4.69) is 53.1 Å². The van der Waals surface area contributed by atoms with E-state index in [1.54, 1.807) is 6.20 Å². The molecule has 2 aliphatic rings. The summed E-state index contributed by atoms with van der Waals surface area (Å²) in [6.45, 7) is 6.60. The summed E-state index contributed by atoms with van der Waals surface area (Å²) in [6, 6.07) is 16.6. The number of β-amino-alcohol motifs (C(OH)–C–C–N with tert-alkyl or cyclic N) is 1. The summed E-state index contributed by atoms with van der Waals surface area (Å²) in [7, 11) is 0. The first kappa shape index (κ1) is 26.6. The minimum absolute atomic E-state index is 0.00402. The second kappa shape index (κ2) is 12.2. The van der Waals surface area contributed by atoms with Crippen molar-refractivity contribution in [2.45, 2.75) is 38.6 Å². The van der Waals surface area contributed by atoms with Crippen LogP contribution >= 0.6 is 11.6 Å². The molecular formula is C30H36ClN5O2. The van der Waals surface area contributed by atoms with Crippen LogP contribution in [0.4, 0.5) is 5.95 Å². The minimum atomic E-state index is -0.00402. The minimum Gasteiger partial charge on any atom is -0.395 e. The van der Waals surface area contributed by atoms with Gasteiger partial charge < -0.3 is 14.9 Å². The molecule has 200 valence electrons. The SMILES string of the molecule is Cc1ccccc1CCc1nc(N2CCC[C@H]2c2ccc(Cl)cc2)ncc1C(=O)N1CCN(CCO)CC1. The number of benzene rings is 2. The highest BCUT2D eigenvalue weighted by molar-refractivity contribution is 6.30. The Morgan fingerprint density at radius 3 is 2.53 bits per heavy atom. The van der Waals surface area contributed by atoms with Crippen molar-refractivity contribution >= 4 is 23.5 Å². The number of hydrogen-bond donors (Lipinski definition) is 1. The number of amides is 1. The summed E-state index contributed by atoms with van der Waals surface area (Å²) in [6.07, 6.45) is 5.32. The van der Waals surface area contributed by atoms with E-state index < -0.39 is 0 Å². The maximum Gasteiger partial charge on any atom is 0.257 e. The third-order valence-electron chi connectivity index (χ3n) is 7.82. The molecule has 0 spiro atoms. The Morgan fingerprint density at radius 2 is 1.79 bits per heavy atom. The third-order valence-corrected chi connectivity index (χ3v) is 8.07. The summed E-state index contributed by atoms with van der Waals surface area (Å²) in [5.74, 6) is 0.683. The van der Waals surface area contributed by atoms with Crippen LogP contribution in [0.25, 0.3) is 0 Å². The average Bonchev–Trinajstić information content (AvgIpc) is 3.43. The van der Waals surface area contributed by atoms with Crippen LogP contribution < -0.4 is 4.90 Å². The number of carbonyl (C=O) groups is 1. The molecule has 1 aromatic heterocycles. The number of aliphatic hydroxyl groups is 1. The van der Waals surface area contributed by atoms with Gasteiger partial charge in [0.05, 0.1) is 23.9 Å². The number of aryl methyl sites for hydroxylation is 3. The van der Waals surface area contributed by atoms with Crippen molar-refractivity contribution in [3.63, 3.8) is 0 Å². The van der Waals surface area contributed by atoms with Crippen LogP contribution in [-0.4, -0.2) is 76.7 Å². The quantitative estimate of drug-likeness (QED) is 0.465. The predicted octanol–water partition coefficient (Wildman–Crippen LogP) is 4.32. The number of nitrogens with zero attached hydrogens (tertiary/aromatic N) is 5. The van der Waals surface area contributed by atoms with E-state index >= 15 is 0 Å². The van der Waals surface area contributed by atoms with E-state index in [9.17, 15) is 9.90 Å². The maximum absolute atomic E-state index is 13.7. The van der Waals surface area contributed by atoms with Gasteiger partial charge in [-0.25, -0.2) is 9.97 Å². The molecule has 2 fully saturated rings. The van der Waals surface area contributed by atoms with Crippen molar-refractivity contribution in [2.75, 3.05) is 50.8 Å². The van der Waals surface area contributed by atoms with E-state index in [0.29, 0.717) is 37.6 Å². The van der Waals surface area contributed by atoms with E-state index in [-0.39, 0.29) is 18.6 Å². The molecule has 7 nitrogen and oxygen atoms in total. The first-order valence-corrected chi connectivity index (χ1v) is 14.0. The number of piperazine rings is 1. The Labute approximate surface area is 230 Å². The molecule has 2 aliphatic heterocycles. The summed E-state index contributed by atoms with van der Waals surface area (Å²) in [5, 5.41) is 9.98. The monoisotopic (exact) mass is 533 g/mol. The molecule has 0 radical (unpaired) electrons. The maximum atomic E-state index is 13.7. The topological polar surface area (TPSA) is 72.8 Å². The van der Waals surface area contributed by atoms with Crippen LogP contribution in [-0.2, 0) is 12.8 Å². The Balaban J connectivity index is 1.41.